The van der Waals surface area contributed by atoms with Crippen molar-refractivity contribution in [3.05, 3.63) is 59.2 Å². The summed E-state index contributed by atoms with van der Waals surface area (Å²) in [6.07, 6.45) is 0. The van der Waals surface area contributed by atoms with Gasteiger partial charge in [0, 0.05) is 18.1 Å². The first-order chi connectivity index (χ1) is 15.0. The van der Waals surface area contributed by atoms with Crippen LogP contribution < -0.4 is 20.1 Å². The Morgan fingerprint density at radius 3 is 2.61 bits per heavy atom. The van der Waals surface area contributed by atoms with Crippen molar-refractivity contribution < 1.29 is 28.0 Å². The predicted octanol–water partition coefficient (Wildman–Crippen LogP) is 2.46. The van der Waals surface area contributed by atoms with Crippen molar-refractivity contribution in [3.63, 3.8) is 0 Å². The summed E-state index contributed by atoms with van der Waals surface area (Å²) in [7, 11) is 1.49. The smallest absolute Gasteiger partial charge is 0.316 e. The summed E-state index contributed by atoms with van der Waals surface area (Å²) in [5, 5.41) is 9.35. The molecule has 1 aromatic heterocycles. The van der Waals surface area contributed by atoms with Gasteiger partial charge >= 0.3 is 11.8 Å². The number of nitrogens with zero attached hydrogens (tertiary/aromatic N) is 2. The molecule has 0 aliphatic rings. The first kappa shape index (κ1) is 22.0. The van der Waals surface area contributed by atoms with Crippen molar-refractivity contribution >= 4 is 23.4 Å². The summed E-state index contributed by atoms with van der Waals surface area (Å²) in [6.45, 7) is 0.0356. The van der Waals surface area contributed by atoms with Crippen LogP contribution in [0.25, 0.3) is 11.4 Å². The molecule has 162 valence electrons. The van der Waals surface area contributed by atoms with Crippen LogP contribution in [0.4, 0.5) is 4.39 Å². The number of amides is 2. The molecule has 0 radical (unpaired) electrons. The molecule has 0 saturated carbocycles. The van der Waals surface area contributed by atoms with Crippen molar-refractivity contribution in [3.8, 4) is 22.9 Å². The normalized spacial score (nSPS) is 10.4. The molecular formula is C20H18ClFN4O5. The average Bonchev–Trinajstić information content (AvgIpc) is 3.26. The maximum atomic E-state index is 12.8. The molecule has 31 heavy (non-hydrogen) atoms. The van der Waals surface area contributed by atoms with Gasteiger partial charge in [-0.2, -0.15) is 4.98 Å². The van der Waals surface area contributed by atoms with E-state index in [9.17, 15) is 14.0 Å². The van der Waals surface area contributed by atoms with Crippen molar-refractivity contribution in [2.75, 3.05) is 26.8 Å². The van der Waals surface area contributed by atoms with Crippen molar-refractivity contribution in [2.24, 2.45) is 0 Å². The van der Waals surface area contributed by atoms with Crippen LogP contribution in [0, 0.1) is 5.82 Å². The Morgan fingerprint density at radius 2 is 1.87 bits per heavy atom. The molecule has 0 aliphatic carbocycles. The third kappa shape index (κ3) is 6.16. The van der Waals surface area contributed by atoms with Crippen molar-refractivity contribution in [1.29, 1.82) is 0 Å². The Morgan fingerprint density at radius 1 is 1.13 bits per heavy atom. The minimum atomic E-state index is -0.600. The van der Waals surface area contributed by atoms with Gasteiger partial charge in [-0.05, 0) is 42.5 Å². The number of halogens is 2. The molecule has 9 nitrogen and oxygen atoms in total. The van der Waals surface area contributed by atoms with Gasteiger partial charge in [-0.1, -0.05) is 16.8 Å². The minimum Gasteiger partial charge on any atom is -0.496 e. The van der Waals surface area contributed by atoms with E-state index in [2.05, 4.69) is 20.8 Å². The van der Waals surface area contributed by atoms with Crippen LogP contribution in [0.1, 0.15) is 10.7 Å². The average molecular weight is 449 g/mol. The molecule has 0 aliphatic heterocycles. The van der Waals surface area contributed by atoms with Crippen LogP contribution in [0.15, 0.2) is 47.0 Å². The summed E-state index contributed by atoms with van der Waals surface area (Å²) < 4.78 is 28.3. The van der Waals surface area contributed by atoms with Crippen molar-refractivity contribution in [2.45, 2.75) is 0 Å². The third-order valence-corrected chi connectivity index (χ3v) is 4.17. The highest BCUT2D eigenvalue weighted by Gasteiger charge is 2.18. The van der Waals surface area contributed by atoms with Gasteiger partial charge in [-0.25, -0.2) is 4.39 Å². The van der Waals surface area contributed by atoms with E-state index in [1.165, 1.54) is 31.4 Å². The molecule has 0 unspecified atom stereocenters. The van der Waals surface area contributed by atoms with E-state index < -0.39 is 17.6 Å². The van der Waals surface area contributed by atoms with Crippen LogP contribution in [-0.2, 0) is 4.79 Å². The first-order valence-corrected chi connectivity index (χ1v) is 9.45. The fourth-order valence-electron chi connectivity index (χ4n) is 2.46. The van der Waals surface area contributed by atoms with E-state index in [1.807, 2.05) is 0 Å². The summed E-state index contributed by atoms with van der Waals surface area (Å²) >= 11 is 5.99. The number of benzene rings is 2. The molecule has 0 bridgehead atoms. The Kier molecular flexibility index (Phi) is 7.39. The number of aromatic nitrogens is 2. The molecule has 2 N–H and O–H groups in total. The van der Waals surface area contributed by atoms with E-state index in [1.54, 1.807) is 18.2 Å². The zero-order chi connectivity index (χ0) is 22.2. The van der Waals surface area contributed by atoms with E-state index in [4.69, 9.17) is 25.6 Å². The van der Waals surface area contributed by atoms with Gasteiger partial charge in [-0.3, -0.25) is 9.59 Å². The lowest BCUT2D eigenvalue weighted by atomic mass is 10.2. The highest BCUT2D eigenvalue weighted by atomic mass is 35.5. The fraction of sp³-hybridized carbons (Fsp3) is 0.200. The predicted molar refractivity (Wildman–Crippen MR) is 109 cm³/mol. The van der Waals surface area contributed by atoms with Gasteiger partial charge in [0.05, 0.1) is 12.7 Å². The van der Waals surface area contributed by atoms with Gasteiger partial charge < -0.3 is 24.6 Å². The number of ether oxygens (including phenoxy) is 2. The zero-order valence-corrected chi connectivity index (χ0v) is 17.1. The Labute approximate surface area is 181 Å². The summed E-state index contributed by atoms with van der Waals surface area (Å²) in [5.74, 6) is -0.647. The topological polar surface area (TPSA) is 116 Å². The van der Waals surface area contributed by atoms with E-state index in [-0.39, 0.29) is 31.4 Å². The number of carbonyl (C=O) groups is 2. The lowest BCUT2D eigenvalue weighted by molar-refractivity contribution is -0.123. The van der Waals surface area contributed by atoms with E-state index in [0.717, 1.165) is 0 Å². The summed E-state index contributed by atoms with van der Waals surface area (Å²) in [6, 6.07) is 10.2. The Hall–Kier alpha value is -3.66. The molecule has 0 fully saturated rings. The standard InChI is InChI=1S/C20H18ClFN4O5/c1-29-16-7-2-12(21)10-15(16)18-25-20(31-26-18)19(28)24-9-8-23-17(27)11-30-14-5-3-13(22)4-6-14/h2-7,10H,8-9,11H2,1H3,(H,23,27)(H,24,28). The van der Waals surface area contributed by atoms with Gasteiger partial charge in [0.1, 0.15) is 17.3 Å². The highest BCUT2D eigenvalue weighted by molar-refractivity contribution is 6.30. The van der Waals surface area contributed by atoms with Gasteiger partial charge in [-0.15, -0.1) is 0 Å². The lowest BCUT2D eigenvalue weighted by Gasteiger charge is -2.07. The fourth-order valence-corrected chi connectivity index (χ4v) is 2.64. The number of nitrogens with one attached hydrogen (secondary N) is 2. The molecule has 0 saturated heterocycles. The maximum Gasteiger partial charge on any atom is 0.316 e. The van der Waals surface area contributed by atoms with Crippen LogP contribution >= 0.6 is 11.6 Å². The lowest BCUT2D eigenvalue weighted by Crippen LogP contribution is -2.36. The van der Waals surface area contributed by atoms with Crippen LogP contribution in [0.5, 0.6) is 11.5 Å². The molecule has 3 rings (SSSR count). The quantitative estimate of drug-likeness (QED) is 0.483. The third-order valence-electron chi connectivity index (χ3n) is 3.94. The summed E-state index contributed by atoms with van der Waals surface area (Å²) in [5.41, 5.74) is 0.478. The maximum absolute atomic E-state index is 12.8. The second-order valence-corrected chi connectivity index (χ2v) is 6.55. The SMILES string of the molecule is COc1ccc(Cl)cc1-c1noc(C(=O)NCCNC(=O)COc2ccc(F)cc2)n1. The molecule has 1 heterocycles. The second kappa shape index (κ2) is 10.4. The Bertz CT molecular complexity index is 1060. The van der Waals surface area contributed by atoms with E-state index >= 15 is 0 Å². The van der Waals surface area contributed by atoms with Gasteiger partial charge in [0.15, 0.2) is 6.61 Å². The number of methoxy groups -OCH3 is 1. The summed E-state index contributed by atoms with van der Waals surface area (Å²) in [4.78, 5) is 28.0. The van der Waals surface area contributed by atoms with Crippen LogP contribution in [-0.4, -0.2) is 48.8 Å². The molecule has 0 spiro atoms. The minimum absolute atomic E-state index is 0.124. The Balaban J connectivity index is 1.44. The molecule has 2 aromatic carbocycles. The number of carbonyl (C=O) groups excluding carboxylic acids is 2. The number of rotatable bonds is 9. The van der Waals surface area contributed by atoms with Crippen molar-refractivity contribution in [1.82, 2.24) is 20.8 Å². The monoisotopic (exact) mass is 448 g/mol. The second-order valence-electron chi connectivity index (χ2n) is 6.12. The van der Waals surface area contributed by atoms with E-state index in [0.29, 0.717) is 22.1 Å². The van der Waals surface area contributed by atoms with Crippen LogP contribution in [0.2, 0.25) is 5.02 Å². The molecule has 2 amide bonds. The van der Waals surface area contributed by atoms with Crippen LogP contribution in [0.3, 0.4) is 0 Å². The molecular weight excluding hydrogens is 431 g/mol. The number of hydrogen-bond acceptors (Lipinski definition) is 7. The number of hydrogen-bond donors (Lipinski definition) is 2. The largest absolute Gasteiger partial charge is 0.496 e. The van der Waals surface area contributed by atoms with Gasteiger partial charge in [0.25, 0.3) is 5.91 Å². The van der Waals surface area contributed by atoms with Gasteiger partial charge in [0.2, 0.25) is 5.82 Å². The molecule has 0 atom stereocenters. The zero-order valence-electron chi connectivity index (χ0n) is 16.4. The first-order valence-electron chi connectivity index (χ1n) is 9.07. The molecule has 11 heteroatoms. The highest BCUT2D eigenvalue weighted by Crippen LogP contribution is 2.30. The molecule has 3 aromatic rings.